The number of nitrogens with two attached hydrogens (primary N) is 1. The van der Waals surface area contributed by atoms with Gasteiger partial charge in [0.25, 0.3) is 0 Å². The molecule has 0 radical (unpaired) electrons. The molecule has 1 amide bonds. The first-order valence-electron chi connectivity index (χ1n) is 5.79. The number of benzene rings is 1. The van der Waals surface area contributed by atoms with Crippen LogP contribution in [0.2, 0.25) is 0 Å². The number of amides is 1. The minimum Gasteiger partial charge on any atom is -0.496 e. The molecule has 1 aromatic rings. The van der Waals surface area contributed by atoms with E-state index in [1.54, 1.807) is 7.11 Å². The zero-order valence-electron chi connectivity index (χ0n) is 10.6. The Morgan fingerprint density at radius 3 is 2.71 bits per heavy atom. The Morgan fingerprint density at radius 1 is 1.47 bits per heavy atom. The van der Waals surface area contributed by atoms with Crippen molar-refractivity contribution in [2.45, 2.75) is 32.4 Å². The van der Waals surface area contributed by atoms with Crippen LogP contribution < -0.4 is 15.8 Å². The monoisotopic (exact) mass is 236 g/mol. The van der Waals surface area contributed by atoms with Gasteiger partial charge in [0.2, 0.25) is 5.91 Å². The lowest BCUT2D eigenvalue weighted by Gasteiger charge is -2.19. The molecule has 0 aromatic heterocycles. The van der Waals surface area contributed by atoms with E-state index in [4.69, 9.17) is 10.5 Å². The molecule has 0 aliphatic heterocycles. The highest BCUT2D eigenvalue weighted by molar-refractivity contribution is 5.81. The van der Waals surface area contributed by atoms with Crippen LogP contribution in [0, 0.1) is 0 Å². The molecule has 0 aliphatic carbocycles. The van der Waals surface area contributed by atoms with Gasteiger partial charge in [-0.1, -0.05) is 25.1 Å². The van der Waals surface area contributed by atoms with Crippen molar-refractivity contribution in [2.24, 2.45) is 5.73 Å². The third-order valence-electron chi connectivity index (χ3n) is 2.74. The summed E-state index contributed by atoms with van der Waals surface area (Å²) < 4.78 is 5.25. The number of carbonyl (C=O) groups is 1. The topological polar surface area (TPSA) is 64.4 Å². The van der Waals surface area contributed by atoms with Crippen LogP contribution in [-0.2, 0) is 4.79 Å². The molecule has 94 valence electrons. The van der Waals surface area contributed by atoms with Gasteiger partial charge >= 0.3 is 0 Å². The third kappa shape index (κ3) is 3.46. The number of ether oxygens (including phenoxy) is 1. The Bertz CT molecular complexity index is 379. The Balaban J connectivity index is 2.76. The number of nitrogens with one attached hydrogen (secondary N) is 1. The van der Waals surface area contributed by atoms with Crippen molar-refractivity contribution in [1.29, 1.82) is 0 Å². The lowest BCUT2D eigenvalue weighted by molar-refractivity contribution is -0.123. The molecule has 0 aliphatic rings. The summed E-state index contributed by atoms with van der Waals surface area (Å²) in [6.45, 7) is 3.80. The maximum Gasteiger partial charge on any atom is 0.237 e. The second kappa shape index (κ2) is 6.25. The van der Waals surface area contributed by atoms with Gasteiger partial charge in [-0.2, -0.15) is 0 Å². The first-order chi connectivity index (χ1) is 8.10. The first kappa shape index (κ1) is 13.5. The quantitative estimate of drug-likeness (QED) is 0.816. The van der Waals surface area contributed by atoms with Crippen molar-refractivity contribution in [2.75, 3.05) is 7.11 Å². The zero-order chi connectivity index (χ0) is 12.8. The number of rotatable bonds is 5. The summed E-state index contributed by atoms with van der Waals surface area (Å²) in [6.07, 6.45) is 0.629. The van der Waals surface area contributed by atoms with Crippen molar-refractivity contribution in [1.82, 2.24) is 5.32 Å². The van der Waals surface area contributed by atoms with Crippen molar-refractivity contribution in [3.63, 3.8) is 0 Å². The van der Waals surface area contributed by atoms with Gasteiger partial charge < -0.3 is 15.8 Å². The Kier molecular flexibility index (Phi) is 4.97. The van der Waals surface area contributed by atoms with E-state index in [9.17, 15) is 4.79 Å². The molecule has 4 nitrogen and oxygen atoms in total. The normalized spacial score (nSPS) is 13.9. The van der Waals surface area contributed by atoms with E-state index in [0.717, 1.165) is 11.3 Å². The van der Waals surface area contributed by atoms with Crippen LogP contribution in [0.15, 0.2) is 24.3 Å². The van der Waals surface area contributed by atoms with Gasteiger partial charge in [-0.25, -0.2) is 0 Å². The molecule has 0 saturated carbocycles. The lowest BCUT2D eigenvalue weighted by atomic mass is 10.1. The molecule has 1 rings (SSSR count). The van der Waals surface area contributed by atoms with Crippen LogP contribution in [0.1, 0.15) is 31.9 Å². The van der Waals surface area contributed by atoms with Gasteiger partial charge in [0, 0.05) is 5.56 Å². The van der Waals surface area contributed by atoms with Gasteiger partial charge in [-0.3, -0.25) is 4.79 Å². The maximum atomic E-state index is 11.7. The lowest BCUT2D eigenvalue weighted by Crippen LogP contribution is -2.41. The van der Waals surface area contributed by atoms with E-state index >= 15 is 0 Å². The van der Waals surface area contributed by atoms with Gasteiger partial charge in [0.1, 0.15) is 5.75 Å². The molecule has 1 aromatic carbocycles. The summed E-state index contributed by atoms with van der Waals surface area (Å²) >= 11 is 0. The van der Waals surface area contributed by atoms with Gasteiger partial charge in [0.15, 0.2) is 0 Å². The smallest absolute Gasteiger partial charge is 0.237 e. The van der Waals surface area contributed by atoms with Crippen molar-refractivity contribution in [3.8, 4) is 5.75 Å². The number of hydrogen-bond acceptors (Lipinski definition) is 3. The Morgan fingerprint density at radius 2 is 2.12 bits per heavy atom. The molecule has 0 fully saturated rings. The van der Waals surface area contributed by atoms with E-state index in [1.165, 1.54) is 0 Å². The van der Waals surface area contributed by atoms with E-state index in [0.29, 0.717) is 6.42 Å². The van der Waals surface area contributed by atoms with Gasteiger partial charge in [-0.15, -0.1) is 0 Å². The summed E-state index contributed by atoms with van der Waals surface area (Å²) in [7, 11) is 1.62. The Hall–Kier alpha value is -1.55. The largest absolute Gasteiger partial charge is 0.496 e. The van der Waals surface area contributed by atoms with Crippen molar-refractivity contribution < 1.29 is 9.53 Å². The minimum absolute atomic E-state index is 0.115. The molecule has 0 bridgehead atoms. The van der Waals surface area contributed by atoms with Crippen LogP contribution in [0.25, 0.3) is 0 Å². The average Bonchev–Trinajstić information content (AvgIpc) is 2.37. The predicted octanol–water partition coefficient (Wildman–Crippen LogP) is 1.61. The standard InChI is InChI=1S/C13H20N2O2/c1-4-11(14)13(16)15-9(2)10-7-5-6-8-12(10)17-3/h5-9,11H,4,14H2,1-3H3,(H,15,16)/t9?,11-/m1/s1. The highest BCUT2D eigenvalue weighted by atomic mass is 16.5. The highest BCUT2D eigenvalue weighted by Crippen LogP contribution is 2.24. The minimum atomic E-state index is -0.452. The molecule has 1 unspecified atom stereocenters. The molecule has 0 spiro atoms. The summed E-state index contributed by atoms with van der Waals surface area (Å²) in [5.74, 6) is 0.635. The van der Waals surface area contributed by atoms with Crippen molar-refractivity contribution in [3.05, 3.63) is 29.8 Å². The van der Waals surface area contributed by atoms with Crippen LogP contribution >= 0.6 is 0 Å². The maximum absolute atomic E-state index is 11.7. The summed E-state index contributed by atoms with van der Waals surface area (Å²) in [5, 5.41) is 2.88. The SMILES string of the molecule is CC[C@@H](N)C(=O)NC(C)c1ccccc1OC. The van der Waals surface area contributed by atoms with Crippen LogP contribution in [0.4, 0.5) is 0 Å². The van der Waals surface area contributed by atoms with E-state index in [1.807, 2.05) is 38.1 Å². The zero-order valence-corrected chi connectivity index (χ0v) is 10.6. The molecule has 0 heterocycles. The fourth-order valence-electron chi connectivity index (χ4n) is 1.61. The fraction of sp³-hybridized carbons (Fsp3) is 0.462. The molecule has 4 heteroatoms. The average molecular weight is 236 g/mol. The number of methoxy groups -OCH3 is 1. The molecule has 0 saturated heterocycles. The number of hydrogen-bond donors (Lipinski definition) is 2. The molecular weight excluding hydrogens is 216 g/mol. The van der Waals surface area contributed by atoms with Crippen LogP contribution in [-0.4, -0.2) is 19.1 Å². The Labute approximate surface area is 102 Å². The van der Waals surface area contributed by atoms with Crippen LogP contribution in [0.5, 0.6) is 5.75 Å². The third-order valence-corrected chi connectivity index (χ3v) is 2.74. The molecular formula is C13H20N2O2. The molecule has 3 N–H and O–H groups in total. The van der Waals surface area contributed by atoms with Crippen LogP contribution in [0.3, 0.4) is 0 Å². The van der Waals surface area contributed by atoms with E-state index < -0.39 is 6.04 Å². The summed E-state index contributed by atoms with van der Waals surface area (Å²) in [4.78, 5) is 11.7. The first-order valence-corrected chi connectivity index (χ1v) is 5.79. The summed E-state index contributed by atoms with van der Waals surface area (Å²) in [6, 6.07) is 7.05. The second-order valence-electron chi connectivity index (χ2n) is 3.99. The van der Waals surface area contributed by atoms with Gasteiger partial charge in [0.05, 0.1) is 19.2 Å². The summed E-state index contributed by atoms with van der Waals surface area (Å²) in [5.41, 5.74) is 6.62. The van der Waals surface area contributed by atoms with Gasteiger partial charge in [-0.05, 0) is 19.4 Å². The van der Waals surface area contributed by atoms with E-state index in [-0.39, 0.29) is 11.9 Å². The highest BCUT2D eigenvalue weighted by Gasteiger charge is 2.16. The van der Waals surface area contributed by atoms with Crippen molar-refractivity contribution >= 4 is 5.91 Å². The number of carbonyl (C=O) groups excluding carboxylic acids is 1. The van der Waals surface area contributed by atoms with E-state index in [2.05, 4.69) is 5.32 Å². The fourth-order valence-corrected chi connectivity index (χ4v) is 1.61. The second-order valence-corrected chi connectivity index (χ2v) is 3.99. The predicted molar refractivity (Wildman–Crippen MR) is 67.8 cm³/mol. The molecule has 17 heavy (non-hydrogen) atoms. The number of para-hydroxylation sites is 1. The molecule has 2 atom stereocenters.